The summed E-state index contributed by atoms with van der Waals surface area (Å²) in [7, 11) is 0. The molecule has 0 bridgehead atoms. The molecule has 1 aromatic carbocycles. The molecule has 0 spiro atoms. The molecule has 1 N–H and O–H groups in total. The second-order valence-electron chi connectivity index (χ2n) is 7.77. The summed E-state index contributed by atoms with van der Waals surface area (Å²) in [6.07, 6.45) is 2.93. The van der Waals surface area contributed by atoms with E-state index in [1.54, 1.807) is 6.92 Å². The number of amides is 2. The molecule has 2 aliphatic rings. The van der Waals surface area contributed by atoms with Crippen molar-refractivity contribution in [2.24, 2.45) is 5.92 Å². The van der Waals surface area contributed by atoms with Crippen LogP contribution >= 0.6 is 0 Å². The summed E-state index contributed by atoms with van der Waals surface area (Å²) in [6.45, 7) is 3.38. The molecule has 0 unspecified atom stereocenters. The van der Waals surface area contributed by atoms with E-state index in [2.05, 4.69) is 5.32 Å². The van der Waals surface area contributed by atoms with Crippen LogP contribution in [0.4, 0.5) is 5.69 Å². The molecule has 2 heterocycles. The lowest BCUT2D eigenvalue weighted by Crippen LogP contribution is -2.36. The minimum Gasteiger partial charge on any atom is -0.466 e. The van der Waals surface area contributed by atoms with E-state index in [1.165, 1.54) is 0 Å². The number of carbonyl (C=O) groups is 3. The molecule has 1 aliphatic heterocycles. The zero-order chi connectivity index (χ0) is 21.1. The second-order valence-corrected chi connectivity index (χ2v) is 7.77. The van der Waals surface area contributed by atoms with Crippen LogP contribution < -0.4 is 5.32 Å². The monoisotopic (exact) mass is 410 g/mol. The summed E-state index contributed by atoms with van der Waals surface area (Å²) in [4.78, 5) is 37.6. The molecule has 30 heavy (non-hydrogen) atoms. The predicted octanol–water partition coefficient (Wildman–Crippen LogP) is 3.52. The molecule has 4 rings (SSSR count). The van der Waals surface area contributed by atoms with Gasteiger partial charge in [0.2, 0.25) is 11.8 Å². The highest BCUT2D eigenvalue weighted by Gasteiger charge is 2.35. The van der Waals surface area contributed by atoms with Gasteiger partial charge >= 0.3 is 5.97 Å². The Morgan fingerprint density at radius 2 is 1.93 bits per heavy atom. The average Bonchev–Trinajstić information content (AvgIpc) is 3.51. The average molecular weight is 410 g/mol. The third-order valence-electron chi connectivity index (χ3n) is 5.42. The summed E-state index contributed by atoms with van der Waals surface area (Å²) in [5, 5.41) is 2.78. The number of carbonyl (C=O) groups excluding carboxylic acids is 3. The molecule has 158 valence electrons. The van der Waals surface area contributed by atoms with Gasteiger partial charge in [0.05, 0.1) is 13.0 Å². The summed E-state index contributed by atoms with van der Waals surface area (Å²) < 4.78 is 10.9. The first kappa shape index (κ1) is 20.2. The SMILES string of the molecule is CCOC(=O)CCC(=O)Nc1ccc(-c2cc3c(o2)CCN(C(=O)C2CC2)C3)cc1. The molecule has 1 aromatic heterocycles. The van der Waals surface area contributed by atoms with Gasteiger partial charge in [-0.25, -0.2) is 0 Å². The Hall–Kier alpha value is -3.09. The van der Waals surface area contributed by atoms with Gasteiger partial charge in [-0.3, -0.25) is 14.4 Å². The smallest absolute Gasteiger partial charge is 0.306 e. The minimum absolute atomic E-state index is 0.0654. The van der Waals surface area contributed by atoms with E-state index in [-0.39, 0.29) is 36.5 Å². The number of rotatable bonds is 7. The van der Waals surface area contributed by atoms with Crippen molar-refractivity contribution in [1.29, 1.82) is 0 Å². The molecule has 7 nitrogen and oxygen atoms in total. The maximum Gasteiger partial charge on any atom is 0.306 e. The Morgan fingerprint density at radius 1 is 1.17 bits per heavy atom. The molecule has 1 fully saturated rings. The summed E-state index contributed by atoms with van der Waals surface area (Å²) in [6, 6.07) is 9.40. The Balaban J connectivity index is 1.35. The molecular weight excluding hydrogens is 384 g/mol. The lowest BCUT2D eigenvalue weighted by molar-refractivity contribution is -0.144. The molecular formula is C23H26N2O5. The molecule has 0 radical (unpaired) electrons. The van der Waals surface area contributed by atoms with Gasteiger partial charge in [-0.2, -0.15) is 0 Å². The Labute approximate surface area is 175 Å². The number of benzene rings is 1. The normalized spacial score (nSPS) is 15.4. The third-order valence-corrected chi connectivity index (χ3v) is 5.42. The van der Waals surface area contributed by atoms with Crippen LogP contribution in [0.1, 0.15) is 43.9 Å². The molecule has 0 saturated heterocycles. The first-order valence-electron chi connectivity index (χ1n) is 10.5. The fourth-order valence-corrected chi connectivity index (χ4v) is 3.64. The van der Waals surface area contributed by atoms with E-state index in [1.807, 2.05) is 35.2 Å². The number of hydrogen-bond donors (Lipinski definition) is 1. The van der Waals surface area contributed by atoms with Gasteiger partial charge in [-0.15, -0.1) is 0 Å². The van der Waals surface area contributed by atoms with E-state index < -0.39 is 0 Å². The highest BCUT2D eigenvalue weighted by atomic mass is 16.5. The van der Waals surface area contributed by atoms with Gasteiger partial charge in [-0.1, -0.05) is 0 Å². The van der Waals surface area contributed by atoms with E-state index in [4.69, 9.17) is 9.15 Å². The number of esters is 1. The topological polar surface area (TPSA) is 88.8 Å². The number of fused-ring (bicyclic) bond motifs is 1. The summed E-state index contributed by atoms with van der Waals surface area (Å²) in [5.41, 5.74) is 2.64. The van der Waals surface area contributed by atoms with Crippen LogP contribution in [0.25, 0.3) is 11.3 Å². The zero-order valence-corrected chi connectivity index (χ0v) is 17.1. The lowest BCUT2D eigenvalue weighted by atomic mass is 10.1. The largest absolute Gasteiger partial charge is 0.466 e. The van der Waals surface area contributed by atoms with Gasteiger partial charge < -0.3 is 19.4 Å². The molecule has 7 heteroatoms. The molecule has 2 amide bonds. The van der Waals surface area contributed by atoms with Crippen molar-refractivity contribution >= 4 is 23.5 Å². The maximum absolute atomic E-state index is 12.3. The Bertz CT molecular complexity index is 943. The van der Waals surface area contributed by atoms with E-state index in [0.29, 0.717) is 25.4 Å². The first-order valence-corrected chi connectivity index (χ1v) is 10.5. The number of nitrogens with zero attached hydrogens (tertiary/aromatic N) is 1. The Morgan fingerprint density at radius 3 is 2.63 bits per heavy atom. The van der Waals surface area contributed by atoms with Crippen molar-refractivity contribution in [3.8, 4) is 11.3 Å². The standard InChI is InChI=1S/C23H26N2O5/c1-2-29-22(27)10-9-21(26)24-18-7-5-15(6-8-18)20-13-17-14-25(12-11-19(17)30-20)23(28)16-3-4-16/h5-8,13,16H,2-4,9-12,14H2,1H3,(H,24,26). The minimum atomic E-state index is -0.373. The van der Waals surface area contributed by atoms with Gasteiger partial charge in [-0.05, 0) is 50.1 Å². The van der Waals surface area contributed by atoms with Crippen LogP contribution in [0.2, 0.25) is 0 Å². The fraction of sp³-hybridized carbons (Fsp3) is 0.435. The highest BCUT2D eigenvalue weighted by Crippen LogP contribution is 2.35. The maximum atomic E-state index is 12.3. The number of furan rings is 1. The quantitative estimate of drug-likeness (QED) is 0.706. The van der Waals surface area contributed by atoms with Crippen molar-refractivity contribution in [1.82, 2.24) is 4.90 Å². The molecule has 1 saturated carbocycles. The predicted molar refractivity (Wildman–Crippen MR) is 110 cm³/mol. The highest BCUT2D eigenvalue weighted by molar-refractivity contribution is 5.92. The van der Waals surface area contributed by atoms with E-state index >= 15 is 0 Å². The summed E-state index contributed by atoms with van der Waals surface area (Å²) >= 11 is 0. The van der Waals surface area contributed by atoms with Gasteiger partial charge in [0.1, 0.15) is 11.5 Å². The van der Waals surface area contributed by atoms with E-state index in [9.17, 15) is 14.4 Å². The van der Waals surface area contributed by atoms with Crippen molar-refractivity contribution in [3.63, 3.8) is 0 Å². The third kappa shape index (κ3) is 4.72. The summed E-state index contributed by atoms with van der Waals surface area (Å²) in [5.74, 6) is 1.61. The van der Waals surface area contributed by atoms with Gasteiger partial charge in [0.15, 0.2) is 0 Å². The lowest BCUT2D eigenvalue weighted by Gasteiger charge is -2.26. The van der Waals surface area contributed by atoms with Crippen molar-refractivity contribution in [2.45, 2.75) is 45.6 Å². The van der Waals surface area contributed by atoms with Crippen LogP contribution in [0.3, 0.4) is 0 Å². The second kappa shape index (κ2) is 8.73. The number of ether oxygens (including phenoxy) is 1. The Kier molecular flexibility index (Phi) is 5.88. The van der Waals surface area contributed by atoms with Gasteiger partial charge in [0.25, 0.3) is 0 Å². The fourth-order valence-electron chi connectivity index (χ4n) is 3.64. The van der Waals surface area contributed by atoms with Crippen molar-refractivity contribution in [3.05, 3.63) is 41.7 Å². The van der Waals surface area contributed by atoms with Crippen LogP contribution in [-0.2, 0) is 32.1 Å². The first-order chi connectivity index (χ1) is 14.5. The van der Waals surface area contributed by atoms with Crippen molar-refractivity contribution < 1.29 is 23.5 Å². The van der Waals surface area contributed by atoms with E-state index in [0.717, 1.165) is 41.9 Å². The number of anilines is 1. The molecule has 2 aromatic rings. The number of nitrogens with one attached hydrogen (secondary N) is 1. The molecule has 1 aliphatic carbocycles. The van der Waals surface area contributed by atoms with Crippen LogP contribution in [-0.4, -0.2) is 35.8 Å². The van der Waals surface area contributed by atoms with Crippen LogP contribution in [0, 0.1) is 5.92 Å². The zero-order valence-electron chi connectivity index (χ0n) is 17.1. The number of hydrogen-bond acceptors (Lipinski definition) is 5. The van der Waals surface area contributed by atoms with Crippen LogP contribution in [0.15, 0.2) is 34.7 Å². The van der Waals surface area contributed by atoms with Crippen LogP contribution in [0.5, 0.6) is 0 Å². The van der Waals surface area contributed by atoms with Gasteiger partial charge in [0, 0.05) is 48.7 Å². The van der Waals surface area contributed by atoms with Crippen molar-refractivity contribution in [2.75, 3.05) is 18.5 Å². The molecule has 0 atom stereocenters.